The first kappa shape index (κ1) is 11.2. The Morgan fingerprint density at radius 3 is 2.50 bits per heavy atom. The van der Waals surface area contributed by atoms with Crippen molar-refractivity contribution in [2.45, 2.75) is 19.4 Å². The fourth-order valence-corrected chi connectivity index (χ4v) is 1.66. The van der Waals surface area contributed by atoms with Crippen LogP contribution in [0.25, 0.3) is 0 Å². The van der Waals surface area contributed by atoms with Gasteiger partial charge < -0.3 is 10.6 Å². The van der Waals surface area contributed by atoms with Crippen LogP contribution in [0.15, 0.2) is 24.3 Å². The molecule has 1 aromatic carbocycles. The van der Waals surface area contributed by atoms with Crippen molar-refractivity contribution in [1.29, 1.82) is 0 Å². The summed E-state index contributed by atoms with van der Waals surface area (Å²) < 4.78 is 0. The molecule has 0 spiro atoms. The van der Waals surface area contributed by atoms with Crippen molar-refractivity contribution >= 4 is 0 Å². The molecule has 0 amide bonds. The van der Waals surface area contributed by atoms with Gasteiger partial charge in [-0.3, -0.25) is 0 Å². The molecule has 0 aliphatic carbocycles. The van der Waals surface area contributed by atoms with E-state index in [9.17, 15) is 0 Å². The van der Waals surface area contributed by atoms with Gasteiger partial charge in [0.2, 0.25) is 0 Å². The van der Waals surface area contributed by atoms with Crippen LogP contribution in [-0.4, -0.2) is 31.6 Å². The highest BCUT2D eigenvalue weighted by atomic mass is 15.1. The van der Waals surface area contributed by atoms with Gasteiger partial charge in [0.25, 0.3) is 0 Å². The lowest BCUT2D eigenvalue weighted by atomic mass is 10.0. The van der Waals surface area contributed by atoms with Gasteiger partial charge in [0, 0.05) is 12.6 Å². The Labute approximate surface area is 86.7 Å². The first-order valence-electron chi connectivity index (χ1n) is 5.04. The monoisotopic (exact) mass is 192 g/mol. The van der Waals surface area contributed by atoms with E-state index < -0.39 is 0 Å². The molecule has 1 unspecified atom stereocenters. The summed E-state index contributed by atoms with van der Waals surface area (Å²) in [6, 6.07) is 8.66. The molecule has 0 bridgehead atoms. The van der Waals surface area contributed by atoms with Crippen molar-refractivity contribution in [3.8, 4) is 0 Å². The van der Waals surface area contributed by atoms with Crippen LogP contribution >= 0.6 is 0 Å². The van der Waals surface area contributed by atoms with E-state index in [0.29, 0.717) is 0 Å². The largest absolute Gasteiger partial charge is 0.326 e. The summed E-state index contributed by atoms with van der Waals surface area (Å²) in [5, 5.41) is 0. The van der Waals surface area contributed by atoms with Crippen LogP contribution in [0.4, 0.5) is 0 Å². The average molecular weight is 192 g/mol. The maximum Gasteiger partial charge on any atom is 0.0208 e. The Bertz CT molecular complexity index is 281. The standard InChI is InChI=1S/C12H20N2/c1-10-6-4-5-7-11(10)8-12(13)9-14(2)3/h4-7,12H,8-9,13H2,1-3H3. The number of hydrogen-bond donors (Lipinski definition) is 1. The van der Waals surface area contributed by atoms with Gasteiger partial charge in [0.15, 0.2) is 0 Å². The lowest BCUT2D eigenvalue weighted by Gasteiger charge is -2.17. The van der Waals surface area contributed by atoms with E-state index in [-0.39, 0.29) is 6.04 Å². The summed E-state index contributed by atoms with van der Waals surface area (Å²) >= 11 is 0. The van der Waals surface area contributed by atoms with Gasteiger partial charge in [-0.2, -0.15) is 0 Å². The first-order chi connectivity index (χ1) is 6.59. The molecule has 0 saturated carbocycles. The highest BCUT2D eigenvalue weighted by Gasteiger charge is 2.06. The van der Waals surface area contributed by atoms with E-state index in [2.05, 4.69) is 50.2 Å². The summed E-state index contributed by atoms with van der Waals surface area (Å²) in [5.74, 6) is 0. The molecule has 2 heteroatoms. The zero-order chi connectivity index (χ0) is 10.6. The molecule has 1 atom stereocenters. The van der Waals surface area contributed by atoms with Gasteiger partial charge >= 0.3 is 0 Å². The van der Waals surface area contributed by atoms with Crippen LogP contribution in [0.2, 0.25) is 0 Å². The van der Waals surface area contributed by atoms with Gasteiger partial charge in [-0.15, -0.1) is 0 Å². The lowest BCUT2D eigenvalue weighted by molar-refractivity contribution is 0.371. The predicted octanol–water partition coefficient (Wildman–Crippen LogP) is 1.43. The normalized spacial score (nSPS) is 13.2. The number of nitrogens with zero attached hydrogens (tertiary/aromatic N) is 1. The second-order valence-corrected chi connectivity index (χ2v) is 4.15. The molecule has 1 rings (SSSR count). The minimum absolute atomic E-state index is 0.228. The number of rotatable bonds is 4. The zero-order valence-corrected chi connectivity index (χ0v) is 9.33. The van der Waals surface area contributed by atoms with E-state index >= 15 is 0 Å². The van der Waals surface area contributed by atoms with Gasteiger partial charge in [0.05, 0.1) is 0 Å². The number of likely N-dealkylation sites (N-methyl/N-ethyl adjacent to an activating group) is 1. The molecular weight excluding hydrogens is 172 g/mol. The van der Waals surface area contributed by atoms with E-state index in [1.165, 1.54) is 11.1 Å². The van der Waals surface area contributed by atoms with Gasteiger partial charge in [-0.25, -0.2) is 0 Å². The van der Waals surface area contributed by atoms with Crippen molar-refractivity contribution < 1.29 is 0 Å². The molecule has 0 aliphatic rings. The van der Waals surface area contributed by atoms with Crippen molar-refractivity contribution in [1.82, 2.24) is 4.90 Å². The van der Waals surface area contributed by atoms with Crippen molar-refractivity contribution in [3.63, 3.8) is 0 Å². The first-order valence-corrected chi connectivity index (χ1v) is 5.04. The third-order valence-corrected chi connectivity index (χ3v) is 2.34. The van der Waals surface area contributed by atoms with Gasteiger partial charge in [-0.05, 0) is 38.6 Å². The van der Waals surface area contributed by atoms with Crippen LogP contribution in [0.5, 0.6) is 0 Å². The highest BCUT2D eigenvalue weighted by molar-refractivity contribution is 5.26. The Morgan fingerprint density at radius 2 is 1.93 bits per heavy atom. The van der Waals surface area contributed by atoms with Gasteiger partial charge in [-0.1, -0.05) is 24.3 Å². The fraction of sp³-hybridized carbons (Fsp3) is 0.500. The van der Waals surface area contributed by atoms with E-state index in [1.54, 1.807) is 0 Å². The van der Waals surface area contributed by atoms with Crippen LogP contribution in [0.1, 0.15) is 11.1 Å². The summed E-state index contributed by atoms with van der Waals surface area (Å²) in [7, 11) is 4.11. The molecule has 2 N–H and O–H groups in total. The number of nitrogens with two attached hydrogens (primary N) is 1. The average Bonchev–Trinajstić information content (AvgIpc) is 2.07. The third-order valence-electron chi connectivity index (χ3n) is 2.34. The van der Waals surface area contributed by atoms with E-state index in [1.807, 2.05) is 0 Å². The summed E-state index contributed by atoms with van der Waals surface area (Å²) in [6.45, 7) is 3.08. The van der Waals surface area contributed by atoms with E-state index in [4.69, 9.17) is 5.73 Å². The zero-order valence-electron chi connectivity index (χ0n) is 9.33. The fourth-order valence-electron chi connectivity index (χ4n) is 1.66. The molecule has 14 heavy (non-hydrogen) atoms. The smallest absolute Gasteiger partial charge is 0.0208 e. The Kier molecular flexibility index (Phi) is 4.11. The predicted molar refractivity (Wildman–Crippen MR) is 61.4 cm³/mol. The quantitative estimate of drug-likeness (QED) is 0.782. The number of aryl methyl sites for hydroxylation is 1. The summed E-state index contributed by atoms with van der Waals surface area (Å²) in [6.07, 6.45) is 0.963. The van der Waals surface area contributed by atoms with Crippen molar-refractivity contribution in [3.05, 3.63) is 35.4 Å². The highest BCUT2D eigenvalue weighted by Crippen LogP contribution is 2.09. The van der Waals surface area contributed by atoms with Crippen LogP contribution < -0.4 is 5.73 Å². The van der Waals surface area contributed by atoms with Crippen LogP contribution in [0.3, 0.4) is 0 Å². The maximum absolute atomic E-state index is 6.03. The molecule has 0 aliphatic heterocycles. The minimum Gasteiger partial charge on any atom is -0.326 e. The molecule has 0 aromatic heterocycles. The Hall–Kier alpha value is -0.860. The topological polar surface area (TPSA) is 29.3 Å². The molecular formula is C12H20N2. The molecule has 0 fully saturated rings. The molecule has 0 saturated heterocycles. The summed E-state index contributed by atoms with van der Waals surface area (Å²) in [5.41, 5.74) is 8.73. The van der Waals surface area contributed by atoms with Crippen LogP contribution in [-0.2, 0) is 6.42 Å². The molecule has 0 radical (unpaired) electrons. The molecule has 1 aromatic rings. The second-order valence-electron chi connectivity index (χ2n) is 4.15. The number of benzene rings is 1. The van der Waals surface area contributed by atoms with Crippen molar-refractivity contribution in [2.75, 3.05) is 20.6 Å². The second kappa shape index (κ2) is 5.13. The molecule has 78 valence electrons. The lowest BCUT2D eigenvalue weighted by Crippen LogP contribution is -2.35. The van der Waals surface area contributed by atoms with E-state index in [0.717, 1.165) is 13.0 Å². The molecule has 0 heterocycles. The number of hydrogen-bond acceptors (Lipinski definition) is 2. The third kappa shape index (κ3) is 3.48. The SMILES string of the molecule is Cc1ccccc1CC(N)CN(C)C. The summed E-state index contributed by atoms with van der Waals surface area (Å²) in [4.78, 5) is 2.13. The van der Waals surface area contributed by atoms with Crippen LogP contribution in [0, 0.1) is 6.92 Å². The Balaban J connectivity index is 2.56. The Morgan fingerprint density at radius 1 is 1.29 bits per heavy atom. The minimum atomic E-state index is 0.228. The maximum atomic E-state index is 6.03. The van der Waals surface area contributed by atoms with Gasteiger partial charge in [0.1, 0.15) is 0 Å². The van der Waals surface area contributed by atoms with Crippen molar-refractivity contribution in [2.24, 2.45) is 5.73 Å². The molecule has 2 nitrogen and oxygen atoms in total.